The van der Waals surface area contributed by atoms with Crippen LogP contribution in [-0.2, 0) is 36.0 Å². The molecule has 0 radical (unpaired) electrons. The Hall–Kier alpha value is -4.16. The van der Waals surface area contributed by atoms with Crippen molar-refractivity contribution in [3.8, 4) is 23.0 Å². The summed E-state index contributed by atoms with van der Waals surface area (Å²) in [4.78, 5) is 11.0. The van der Waals surface area contributed by atoms with Gasteiger partial charge in [0.05, 0.1) is 58.4 Å². The molecular weight excluding hydrogens is 708 g/mol. The maximum Gasteiger partial charge on any atom is 0.169 e. The smallest absolute Gasteiger partial charge is 0.169 e. The molecule has 0 aliphatic carbocycles. The standard InChI is InChI=1S/C33H38N4O6.2BrH/c1-38-30-8-5-9-31(39-2)28(30)24-42-34-22-26-12-18-36(19-13-26)16-7-17-37-20-14-27(15-21-37)23-35-43-25-29-32(40-3)10-6-11-33(29)41-4;;/h5-6,8-15,18-23H,7,16-17,24-25H2,1-4H3;2*1H/q+2;;/p-2/b34-22+,35-23+;;. The lowest BCUT2D eigenvalue weighted by Crippen LogP contribution is -3.00. The van der Waals surface area contributed by atoms with Crippen molar-refractivity contribution in [3.63, 3.8) is 0 Å². The molecule has 2 aromatic heterocycles. The van der Waals surface area contributed by atoms with E-state index in [2.05, 4.69) is 19.4 Å². The molecule has 0 saturated heterocycles. The van der Waals surface area contributed by atoms with Gasteiger partial charge in [-0.3, -0.25) is 0 Å². The quantitative estimate of drug-likeness (QED) is 0.0789. The van der Waals surface area contributed by atoms with Crippen LogP contribution in [0.3, 0.4) is 0 Å². The van der Waals surface area contributed by atoms with Crippen molar-refractivity contribution in [3.05, 3.63) is 108 Å². The lowest BCUT2D eigenvalue weighted by Gasteiger charge is -2.11. The molecule has 45 heavy (non-hydrogen) atoms. The van der Waals surface area contributed by atoms with E-state index in [4.69, 9.17) is 28.6 Å². The monoisotopic (exact) mass is 744 g/mol. The topological polar surface area (TPSA) is 87.9 Å². The van der Waals surface area contributed by atoms with E-state index in [9.17, 15) is 0 Å². The molecule has 2 heterocycles. The minimum absolute atomic E-state index is 0. The number of rotatable bonds is 16. The van der Waals surface area contributed by atoms with Crippen molar-refractivity contribution >= 4 is 12.4 Å². The third-order valence-electron chi connectivity index (χ3n) is 6.70. The first-order valence-corrected chi connectivity index (χ1v) is 13.8. The Balaban J connectivity index is 0.00000353. The Morgan fingerprint density at radius 2 is 0.867 bits per heavy atom. The summed E-state index contributed by atoms with van der Waals surface area (Å²) < 4.78 is 25.9. The van der Waals surface area contributed by atoms with Crippen LogP contribution in [0.15, 0.2) is 95.8 Å². The van der Waals surface area contributed by atoms with Gasteiger partial charge in [0, 0.05) is 35.4 Å². The van der Waals surface area contributed by atoms with Crippen molar-refractivity contribution in [2.75, 3.05) is 28.4 Å². The molecule has 2 aromatic carbocycles. The summed E-state index contributed by atoms with van der Waals surface area (Å²) in [5.41, 5.74) is 3.51. The second kappa shape index (κ2) is 20.0. The number of hydrogen-bond acceptors (Lipinski definition) is 8. The van der Waals surface area contributed by atoms with Crippen molar-refractivity contribution in [2.45, 2.75) is 32.7 Å². The highest BCUT2D eigenvalue weighted by Gasteiger charge is 2.11. The highest BCUT2D eigenvalue weighted by molar-refractivity contribution is 5.78. The summed E-state index contributed by atoms with van der Waals surface area (Å²) in [6, 6.07) is 19.2. The number of pyridine rings is 2. The fourth-order valence-corrected chi connectivity index (χ4v) is 4.38. The molecular formula is C33H38Br2N4O6. The molecule has 10 nitrogen and oxygen atoms in total. The van der Waals surface area contributed by atoms with E-state index in [1.54, 1.807) is 40.9 Å². The lowest BCUT2D eigenvalue weighted by atomic mass is 10.2. The van der Waals surface area contributed by atoms with Crippen molar-refractivity contribution in [1.29, 1.82) is 0 Å². The fraction of sp³-hybridized carbons (Fsp3) is 0.273. The number of aromatic nitrogens is 2. The molecule has 0 saturated carbocycles. The molecule has 0 N–H and O–H groups in total. The van der Waals surface area contributed by atoms with Gasteiger partial charge in [-0.1, -0.05) is 22.4 Å². The van der Waals surface area contributed by atoms with E-state index in [1.165, 1.54) is 0 Å². The van der Waals surface area contributed by atoms with E-state index in [1.807, 2.05) is 85.5 Å². The van der Waals surface area contributed by atoms with Gasteiger partial charge in [0.2, 0.25) is 0 Å². The van der Waals surface area contributed by atoms with Crippen LogP contribution in [0, 0.1) is 0 Å². The zero-order chi connectivity index (χ0) is 30.3. The molecule has 0 aliphatic heterocycles. The Morgan fingerprint density at radius 3 is 1.18 bits per heavy atom. The number of hydrogen-bond donors (Lipinski definition) is 0. The van der Waals surface area contributed by atoms with Gasteiger partial charge in [-0.05, 0) is 24.3 Å². The first-order chi connectivity index (χ1) is 21.1. The first-order valence-electron chi connectivity index (χ1n) is 13.8. The summed E-state index contributed by atoms with van der Waals surface area (Å²) >= 11 is 0. The summed E-state index contributed by atoms with van der Waals surface area (Å²) in [5.74, 6) is 2.80. The summed E-state index contributed by atoms with van der Waals surface area (Å²) in [6.07, 6.45) is 12.5. The lowest BCUT2D eigenvalue weighted by molar-refractivity contribution is -0.726. The van der Waals surface area contributed by atoms with Gasteiger partial charge in [-0.25, -0.2) is 9.13 Å². The van der Waals surface area contributed by atoms with Crippen LogP contribution >= 0.6 is 0 Å². The molecule has 12 heteroatoms. The van der Waals surface area contributed by atoms with E-state index >= 15 is 0 Å². The third kappa shape index (κ3) is 11.1. The van der Waals surface area contributed by atoms with Crippen LogP contribution < -0.4 is 62.0 Å². The van der Waals surface area contributed by atoms with Crippen LogP contribution in [0.1, 0.15) is 28.7 Å². The van der Waals surface area contributed by atoms with E-state index < -0.39 is 0 Å². The molecule has 0 fully saturated rings. The number of ether oxygens (including phenoxy) is 4. The van der Waals surface area contributed by atoms with Crippen molar-refractivity contribution in [2.24, 2.45) is 10.3 Å². The number of aryl methyl sites for hydroxylation is 2. The zero-order valence-electron chi connectivity index (χ0n) is 25.8. The molecule has 0 spiro atoms. The second-order valence-corrected chi connectivity index (χ2v) is 9.39. The molecule has 4 rings (SSSR count). The fourth-order valence-electron chi connectivity index (χ4n) is 4.38. The molecule has 0 aliphatic rings. The molecule has 240 valence electrons. The molecule has 0 atom stereocenters. The second-order valence-electron chi connectivity index (χ2n) is 9.39. The number of methoxy groups -OCH3 is 4. The first kappa shape index (κ1) is 37.0. The van der Waals surface area contributed by atoms with Gasteiger partial charge >= 0.3 is 0 Å². The minimum atomic E-state index is 0. The zero-order valence-corrected chi connectivity index (χ0v) is 28.9. The van der Waals surface area contributed by atoms with Crippen LogP contribution in [0.2, 0.25) is 0 Å². The van der Waals surface area contributed by atoms with Crippen LogP contribution in [-0.4, -0.2) is 40.9 Å². The Kier molecular flexibility index (Phi) is 16.4. The van der Waals surface area contributed by atoms with Gasteiger partial charge in [0.15, 0.2) is 37.9 Å². The van der Waals surface area contributed by atoms with Crippen molar-refractivity contribution < 1.29 is 71.7 Å². The molecule has 0 bridgehead atoms. The average Bonchev–Trinajstić information content (AvgIpc) is 3.06. The average molecular weight is 746 g/mol. The predicted molar refractivity (Wildman–Crippen MR) is 162 cm³/mol. The largest absolute Gasteiger partial charge is 1.00 e. The molecule has 0 amide bonds. The predicted octanol–water partition coefficient (Wildman–Crippen LogP) is -1.50. The van der Waals surface area contributed by atoms with Gasteiger partial charge in [-0.15, -0.1) is 0 Å². The van der Waals surface area contributed by atoms with Crippen LogP contribution in [0.4, 0.5) is 0 Å². The minimum Gasteiger partial charge on any atom is -1.00 e. The van der Waals surface area contributed by atoms with E-state index in [0.717, 1.165) is 41.8 Å². The third-order valence-corrected chi connectivity index (χ3v) is 6.70. The number of oxime groups is 2. The summed E-state index contributed by atoms with van der Waals surface area (Å²) in [5, 5.41) is 8.20. The maximum absolute atomic E-state index is 5.50. The molecule has 0 unspecified atom stereocenters. The van der Waals surface area contributed by atoms with Crippen LogP contribution in [0.25, 0.3) is 0 Å². The highest BCUT2D eigenvalue weighted by Crippen LogP contribution is 2.29. The Morgan fingerprint density at radius 1 is 0.533 bits per heavy atom. The molecule has 4 aromatic rings. The maximum atomic E-state index is 5.50. The number of benzene rings is 2. The highest BCUT2D eigenvalue weighted by atomic mass is 79.9. The SMILES string of the molecule is COc1cccc(OC)c1CO/N=C/c1cc[n+](CCC[n+]2ccc(/C=N/OCc3c(OC)cccc3OC)cc2)cc1.[Br-].[Br-]. The normalized spacial score (nSPS) is 10.6. The van der Waals surface area contributed by atoms with Gasteiger partial charge in [0.25, 0.3) is 0 Å². The van der Waals surface area contributed by atoms with Gasteiger partial charge in [-0.2, -0.15) is 0 Å². The summed E-state index contributed by atoms with van der Waals surface area (Å²) in [7, 11) is 6.47. The van der Waals surface area contributed by atoms with E-state index in [0.29, 0.717) is 23.0 Å². The number of halogens is 2. The van der Waals surface area contributed by atoms with Crippen LogP contribution in [0.5, 0.6) is 23.0 Å². The van der Waals surface area contributed by atoms with E-state index in [-0.39, 0.29) is 47.2 Å². The Labute approximate surface area is 285 Å². The van der Waals surface area contributed by atoms with Gasteiger partial charge < -0.3 is 62.6 Å². The Bertz CT molecular complexity index is 1350. The van der Waals surface area contributed by atoms with Gasteiger partial charge in [0.1, 0.15) is 36.2 Å². The summed E-state index contributed by atoms with van der Waals surface area (Å²) in [6.45, 7) is 2.26. The number of nitrogens with zero attached hydrogens (tertiary/aromatic N) is 4. The van der Waals surface area contributed by atoms with Crippen molar-refractivity contribution in [1.82, 2.24) is 0 Å².